The Labute approximate surface area is 179 Å². The van der Waals surface area contributed by atoms with Crippen molar-refractivity contribution in [2.24, 2.45) is 7.05 Å². The van der Waals surface area contributed by atoms with Crippen molar-refractivity contribution in [2.45, 2.75) is 6.54 Å². The molecule has 3 heterocycles. The molecule has 5 aromatic rings. The lowest BCUT2D eigenvalue weighted by molar-refractivity contribution is -0.116. The van der Waals surface area contributed by atoms with Gasteiger partial charge in [-0.3, -0.25) is 18.8 Å². The molecular weight excluding hydrogens is 416 g/mol. The summed E-state index contributed by atoms with van der Waals surface area (Å²) in [6.07, 6.45) is 2.79. The Kier molecular flexibility index (Phi) is 4.68. The van der Waals surface area contributed by atoms with E-state index in [9.17, 15) is 9.59 Å². The van der Waals surface area contributed by atoms with Crippen molar-refractivity contribution in [3.8, 4) is 11.5 Å². The van der Waals surface area contributed by atoms with Crippen molar-refractivity contribution in [3.63, 3.8) is 0 Å². The Morgan fingerprint density at radius 2 is 2.00 bits per heavy atom. The highest BCUT2D eigenvalue weighted by Crippen LogP contribution is 2.31. The van der Waals surface area contributed by atoms with Gasteiger partial charge in [0.25, 0.3) is 5.56 Å². The molecule has 2 aromatic carbocycles. The molecule has 0 fully saturated rings. The molecule has 0 saturated heterocycles. The summed E-state index contributed by atoms with van der Waals surface area (Å²) in [7, 11) is 1.70. The maximum atomic E-state index is 12.5. The number of benzene rings is 2. The summed E-state index contributed by atoms with van der Waals surface area (Å²) in [5.74, 6) is 1.05. The van der Waals surface area contributed by atoms with Crippen LogP contribution in [0.2, 0.25) is 0 Å². The first-order valence-electron chi connectivity index (χ1n) is 9.37. The van der Waals surface area contributed by atoms with Crippen LogP contribution >= 0.6 is 11.3 Å². The molecule has 0 spiro atoms. The second-order valence-electron chi connectivity index (χ2n) is 6.79. The predicted octanol–water partition coefficient (Wildman–Crippen LogP) is 3.17. The number of anilines is 1. The fourth-order valence-corrected chi connectivity index (χ4v) is 4.05. The molecular formula is C21H16N6O3S. The molecule has 0 aliphatic rings. The van der Waals surface area contributed by atoms with E-state index in [0.717, 1.165) is 16.0 Å². The standard InChI is InChI=1S/C21H16N6O3S/c1-26-19-15(10-23-26)20(29)27(12-22-19)11-18(28)25-21-24-16-8-7-14(9-17(16)31-21)30-13-5-3-2-4-6-13/h2-10,12H,11H2,1H3,(H,24,25,28). The van der Waals surface area contributed by atoms with Crippen molar-refractivity contribution in [3.05, 3.63) is 71.4 Å². The fraction of sp³-hybridized carbons (Fsp3) is 0.0952. The lowest BCUT2D eigenvalue weighted by Crippen LogP contribution is -2.27. The molecule has 0 saturated carbocycles. The van der Waals surface area contributed by atoms with E-state index < -0.39 is 0 Å². The molecule has 0 unspecified atom stereocenters. The summed E-state index contributed by atoms with van der Waals surface area (Å²) >= 11 is 1.33. The average molecular weight is 432 g/mol. The van der Waals surface area contributed by atoms with E-state index >= 15 is 0 Å². The summed E-state index contributed by atoms with van der Waals surface area (Å²) in [5.41, 5.74) is 0.901. The zero-order valence-corrected chi connectivity index (χ0v) is 17.2. The van der Waals surface area contributed by atoms with Gasteiger partial charge in [0.2, 0.25) is 5.91 Å². The number of ether oxygens (including phenoxy) is 1. The molecule has 31 heavy (non-hydrogen) atoms. The van der Waals surface area contributed by atoms with Gasteiger partial charge in [-0.15, -0.1) is 0 Å². The number of fused-ring (bicyclic) bond motifs is 2. The smallest absolute Gasteiger partial charge is 0.264 e. The molecule has 0 radical (unpaired) electrons. The van der Waals surface area contributed by atoms with Gasteiger partial charge < -0.3 is 10.1 Å². The monoisotopic (exact) mass is 432 g/mol. The van der Waals surface area contributed by atoms with Crippen LogP contribution in [0.3, 0.4) is 0 Å². The zero-order valence-electron chi connectivity index (χ0n) is 16.3. The van der Waals surface area contributed by atoms with Crippen LogP contribution < -0.4 is 15.6 Å². The van der Waals surface area contributed by atoms with Crippen molar-refractivity contribution in [1.29, 1.82) is 0 Å². The number of aryl methyl sites for hydroxylation is 1. The van der Waals surface area contributed by atoms with E-state index in [0.29, 0.717) is 21.9 Å². The maximum Gasteiger partial charge on any atom is 0.264 e. The number of amides is 1. The van der Waals surface area contributed by atoms with E-state index in [1.54, 1.807) is 7.05 Å². The minimum atomic E-state index is -0.369. The number of carbonyl (C=O) groups excluding carboxylic acids is 1. The maximum absolute atomic E-state index is 12.5. The van der Waals surface area contributed by atoms with Crippen LogP contribution in [0.4, 0.5) is 5.13 Å². The van der Waals surface area contributed by atoms with Crippen molar-refractivity contribution in [1.82, 2.24) is 24.3 Å². The Morgan fingerprint density at radius 1 is 1.16 bits per heavy atom. The number of aromatic nitrogens is 5. The summed E-state index contributed by atoms with van der Waals surface area (Å²) in [6.45, 7) is -0.172. The van der Waals surface area contributed by atoms with Gasteiger partial charge in [0, 0.05) is 13.1 Å². The lowest BCUT2D eigenvalue weighted by atomic mass is 10.3. The topological polar surface area (TPSA) is 104 Å². The van der Waals surface area contributed by atoms with Gasteiger partial charge in [-0.25, -0.2) is 9.97 Å². The molecule has 1 amide bonds. The first-order chi connectivity index (χ1) is 15.1. The Bertz CT molecular complexity index is 1470. The third-order valence-corrected chi connectivity index (χ3v) is 5.55. The molecule has 9 nitrogen and oxygen atoms in total. The largest absolute Gasteiger partial charge is 0.457 e. The fourth-order valence-electron chi connectivity index (χ4n) is 3.14. The van der Waals surface area contributed by atoms with Crippen LogP contribution in [0.25, 0.3) is 21.3 Å². The number of rotatable bonds is 5. The highest BCUT2D eigenvalue weighted by Gasteiger charge is 2.13. The SMILES string of the molecule is Cn1ncc2c(=O)n(CC(=O)Nc3nc4ccc(Oc5ccccc5)cc4s3)cnc21. The van der Waals surface area contributed by atoms with E-state index in [1.165, 1.54) is 33.1 Å². The second-order valence-corrected chi connectivity index (χ2v) is 7.83. The summed E-state index contributed by atoms with van der Waals surface area (Å²) in [6, 6.07) is 15.0. The van der Waals surface area contributed by atoms with Crippen molar-refractivity contribution >= 4 is 43.6 Å². The van der Waals surface area contributed by atoms with E-state index in [2.05, 4.69) is 20.4 Å². The highest BCUT2D eigenvalue weighted by molar-refractivity contribution is 7.22. The van der Waals surface area contributed by atoms with Gasteiger partial charge in [-0.2, -0.15) is 5.10 Å². The van der Waals surface area contributed by atoms with E-state index in [4.69, 9.17) is 4.74 Å². The van der Waals surface area contributed by atoms with Crippen LogP contribution in [0.15, 0.2) is 65.8 Å². The highest BCUT2D eigenvalue weighted by atomic mass is 32.1. The first kappa shape index (κ1) is 18.9. The lowest BCUT2D eigenvalue weighted by Gasteiger charge is -2.05. The third kappa shape index (κ3) is 3.76. The Morgan fingerprint density at radius 3 is 2.84 bits per heavy atom. The summed E-state index contributed by atoms with van der Waals surface area (Å²) < 4.78 is 9.48. The number of nitrogens with one attached hydrogen (secondary N) is 1. The number of carbonyl (C=O) groups is 1. The zero-order chi connectivity index (χ0) is 21.4. The van der Waals surface area contributed by atoms with Crippen LogP contribution in [-0.4, -0.2) is 30.2 Å². The van der Waals surface area contributed by atoms with E-state index in [1.807, 2.05) is 48.5 Å². The quantitative estimate of drug-likeness (QED) is 0.458. The predicted molar refractivity (Wildman–Crippen MR) is 118 cm³/mol. The second kappa shape index (κ2) is 7.65. The number of nitrogens with zero attached hydrogens (tertiary/aromatic N) is 5. The van der Waals surface area contributed by atoms with E-state index in [-0.39, 0.29) is 18.0 Å². The molecule has 0 atom stereocenters. The average Bonchev–Trinajstić information content (AvgIpc) is 3.33. The normalized spacial score (nSPS) is 11.1. The summed E-state index contributed by atoms with van der Waals surface area (Å²) in [4.78, 5) is 33.6. The van der Waals surface area contributed by atoms with Crippen molar-refractivity contribution < 1.29 is 9.53 Å². The summed E-state index contributed by atoms with van der Waals surface area (Å²) in [5, 5.41) is 7.58. The molecule has 0 aliphatic carbocycles. The van der Waals surface area contributed by atoms with Gasteiger partial charge in [0.05, 0.1) is 16.4 Å². The molecule has 10 heteroatoms. The van der Waals surface area contributed by atoms with Gasteiger partial charge >= 0.3 is 0 Å². The molecule has 154 valence electrons. The van der Waals surface area contributed by atoms with Crippen LogP contribution in [0, 0.1) is 0 Å². The van der Waals surface area contributed by atoms with Crippen LogP contribution in [0.1, 0.15) is 0 Å². The number of hydrogen-bond acceptors (Lipinski definition) is 7. The van der Waals surface area contributed by atoms with Crippen molar-refractivity contribution in [2.75, 3.05) is 5.32 Å². The Balaban J connectivity index is 1.32. The molecule has 3 aromatic heterocycles. The molecule has 0 bridgehead atoms. The van der Waals surface area contributed by atoms with Gasteiger partial charge in [0.15, 0.2) is 10.8 Å². The molecule has 0 aliphatic heterocycles. The van der Waals surface area contributed by atoms with Gasteiger partial charge in [0.1, 0.15) is 29.8 Å². The number of hydrogen-bond donors (Lipinski definition) is 1. The molecule has 5 rings (SSSR count). The third-order valence-electron chi connectivity index (χ3n) is 4.62. The Hall–Kier alpha value is -4.05. The van der Waals surface area contributed by atoms with Gasteiger partial charge in [-0.1, -0.05) is 29.5 Å². The minimum Gasteiger partial charge on any atom is -0.457 e. The number of para-hydroxylation sites is 1. The molecule has 1 N–H and O–H groups in total. The number of thiazole rings is 1. The van der Waals surface area contributed by atoms with Gasteiger partial charge in [-0.05, 0) is 24.3 Å². The van der Waals surface area contributed by atoms with Crippen LogP contribution in [-0.2, 0) is 18.4 Å². The first-order valence-corrected chi connectivity index (χ1v) is 10.2. The van der Waals surface area contributed by atoms with Crippen LogP contribution in [0.5, 0.6) is 11.5 Å². The minimum absolute atomic E-state index is 0.172.